The lowest BCUT2D eigenvalue weighted by molar-refractivity contribution is 0.605. The highest BCUT2D eigenvalue weighted by atomic mass is 79.9. The summed E-state index contributed by atoms with van der Waals surface area (Å²) in [6, 6.07) is 9.26. The normalized spacial score (nSPS) is 12.7. The van der Waals surface area contributed by atoms with Gasteiger partial charge in [0.15, 0.2) is 0 Å². The van der Waals surface area contributed by atoms with Crippen molar-refractivity contribution < 1.29 is 0 Å². The third-order valence-electron chi connectivity index (χ3n) is 3.12. The molecule has 108 valence electrons. The van der Waals surface area contributed by atoms with E-state index in [1.165, 1.54) is 21.6 Å². The summed E-state index contributed by atoms with van der Waals surface area (Å²) >= 11 is 8.97. The summed E-state index contributed by atoms with van der Waals surface area (Å²) in [6.45, 7) is 7.54. The molecule has 1 nitrogen and oxygen atoms in total. The van der Waals surface area contributed by atoms with E-state index in [9.17, 15) is 0 Å². The van der Waals surface area contributed by atoms with E-state index in [-0.39, 0.29) is 6.04 Å². The fourth-order valence-corrected chi connectivity index (χ4v) is 4.55. The first-order valence-corrected chi connectivity index (χ1v) is 9.17. The standard InChI is InChI=1S/C16H19Br2NS/c1-4-5-19-15(14-9-13(17)16(18)20-14)12-7-10(2)6-11(3)8-12/h6-9,15,19H,4-5H2,1-3H3. The van der Waals surface area contributed by atoms with Crippen molar-refractivity contribution in [3.05, 3.63) is 54.1 Å². The predicted molar refractivity (Wildman–Crippen MR) is 95.8 cm³/mol. The first kappa shape index (κ1) is 16.2. The van der Waals surface area contributed by atoms with Gasteiger partial charge in [0.25, 0.3) is 0 Å². The van der Waals surface area contributed by atoms with Crippen LogP contribution >= 0.6 is 43.2 Å². The minimum absolute atomic E-state index is 0.265. The molecule has 0 amide bonds. The van der Waals surface area contributed by atoms with Crippen molar-refractivity contribution >= 4 is 43.2 Å². The Labute approximate surface area is 142 Å². The van der Waals surface area contributed by atoms with Crippen molar-refractivity contribution in [2.45, 2.75) is 33.2 Å². The number of hydrogen-bond donors (Lipinski definition) is 1. The molecular weight excluding hydrogens is 398 g/mol. The van der Waals surface area contributed by atoms with Gasteiger partial charge in [-0.05, 0) is 70.3 Å². The fourth-order valence-electron chi connectivity index (χ4n) is 2.35. The molecule has 1 aromatic carbocycles. The molecule has 1 unspecified atom stereocenters. The number of rotatable bonds is 5. The summed E-state index contributed by atoms with van der Waals surface area (Å²) < 4.78 is 2.28. The van der Waals surface area contributed by atoms with E-state index < -0.39 is 0 Å². The van der Waals surface area contributed by atoms with Crippen molar-refractivity contribution in [1.29, 1.82) is 0 Å². The molecule has 1 aromatic heterocycles. The maximum Gasteiger partial charge on any atom is 0.0843 e. The van der Waals surface area contributed by atoms with Gasteiger partial charge in [0, 0.05) is 9.35 Å². The minimum Gasteiger partial charge on any atom is -0.306 e. The third-order valence-corrected chi connectivity index (χ3v) is 6.45. The van der Waals surface area contributed by atoms with Crippen LogP contribution in [0.15, 0.2) is 32.5 Å². The zero-order chi connectivity index (χ0) is 14.7. The fraction of sp³-hybridized carbons (Fsp3) is 0.375. The first-order valence-electron chi connectivity index (χ1n) is 6.77. The van der Waals surface area contributed by atoms with Crippen molar-refractivity contribution in [2.75, 3.05) is 6.54 Å². The molecule has 0 spiro atoms. The van der Waals surface area contributed by atoms with Crippen LogP contribution in [0, 0.1) is 13.8 Å². The summed E-state index contributed by atoms with van der Waals surface area (Å²) in [7, 11) is 0. The Morgan fingerprint density at radius 2 is 1.75 bits per heavy atom. The second-order valence-electron chi connectivity index (χ2n) is 5.08. The van der Waals surface area contributed by atoms with Gasteiger partial charge in [0.1, 0.15) is 0 Å². The van der Waals surface area contributed by atoms with Crippen LogP contribution in [-0.4, -0.2) is 6.54 Å². The molecule has 0 bridgehead atoms. The Morgan fingerprint density at radius 1 is 1.10 bits per heavy atom. The molecule has 20 heavy (non-hydrogen) atoms. The van der Waals surface area contributed by atoms with Gasteiger partial charge in [-0.1, -0.05) is 36.2 Å². The number of benzene rings is 1. The van der Waals surface area contributed by atoms with Crippen LogP contribution in [0.5, 0.6) is 0 Å². The second kappa shape index (κ2) is 7.21. The van der Waals surface area contributed by atoms with E-state index in [0.29, 0.717) is 0 Å². The lowest BCUT2D eigenvalue weighted by atomic mass is 10.00. The zero-order valence-corrected chi connectivity index (χ0v) is 16.0. The van der Waals surface area contributed by atoms with Crippen molar-refractivity contribution in [2.24, 2.45) is 0 Å². The van der Waals surface area contributed by atoms with Gasteiger partial charge in [-0.2, -0.15) is 0 Å². The molecule has 4 heteroatoms. The monoisotopic (exact) mass is 415 g/mol. The molecule has 0 saturated heterocycles. The van der Waals surface area contributed by atoms with Gasteiger partial charge < -0.3 is 5.32 Å². The smallest absolute Gasteiger partial charge is 0.0843 e. The molecule has 2 rings (SSSR count). The molecule has 0 aliphatic carbocycles. The average Bonchev–Trinajstić information content (AvgIpc) is 2.69. The van der Waals surface area contributed by atoms with Gasteiger partial charge >= 0.3 is 0 Å². The summed E-state index contributed by atoms with van der Waals surface area (Å²) in [4.78, 5) is 1.34. The van der Waals surface area contributed by atoms with Gasteiger partial charge in [0.05, 0.1) is 9.83 Å². The third kappa shape index (κ3) is 3.94. The van der Waals surface area contributed by atoms with E-state index in [0.717, 1.165) is 21.2 Å². The number of nitrogens with one attached hydrogen (secondary N) is 1. The summed E-state index contributed by atoms with van der Waals surface area (Å²) in [6.07, 6.45) is 1.13. The zero-order valence-electron chi connectivity index (χ0n) is 12.0. The Bertz CT molecular complexity index is 552. The number of thiophene rings is 1. The number of hydrogen-bond acceptors (Lipinski definition) is 2. The van der Waals surface area contributed by atoms with E-state index in [1.807, 2.05) is 0 Å². The maximum atomic E-state index is 3.67. The van der Waals surface area contributed by atoms with E-state index >= 15 is 0 Å². The van der Waals surface area contributed by atoms with Crippen molar-refractivity contribution in [3.8, 4) is 0 Å². The van der Waals surface area contributed by atoms with E-state index in [2.05, 4.69) is 82.2 Å². The van der Waals surface area contributed by atoms with Crippen molar-refractivity contribution in [3.63, 3.8) is 0 Å². The van der Waals surface area contributed by atoms with Crippen LogP contribution < -0.4 is 5.32 Å². The molecular formula is C16H19Br2NS. The van der Waals surface area contributed by atoms with Crippen LogP contribution in [0.1, 0.15) is 41.0 Å². The molecule has 0 saturated carbocycles. The van der Waals surface area contributed by atoms with E-state index in [4.69, 9.17) is 0 Å². The molecule has 1 heterocycles. The molecule has 1 N–H and O–H groups in total. The van der Waals surface area contributed by atoms with Crippen LogP contribution in [0.25, 0.3) is 0 Å². The molecule has 0 aliphatic rings. The Balaban J connectivity index is 2.40. The number of halogens is 2. The highest BCUT2D eigenvalue weighted by Crippen LogP contribution is 2.37. The van der Waals surface area contributed by atoms with Crippen LogP contribution in [0.3, 0.4) is 0 Å². The summed E-state index contributed by atoms with van der Waals surface area (Å²) in [5.74, 6) is 0. The quantitative estimate of drug-likeness (QED) is 0.632. The highest BCUT2D eigenvalue weighted by Gasteiger charge is 2.17. The minimum atomic E-state index is 0.265. The SMILES string of the molecule is CCCNC(c1cc(C)cc(C)c1)c1cc(Br)c(Br)s1. The summed E-state index contributed by atoms with van der Waals surface area (Å²) in [5.41, 5.74) is 3.98. The van der Waals surface area contributed by atoms with Crippen LogP contribution in [0.2, 0.25) is 0 Å². The van der Waals surface area contributed by atoms with E-state index in [1.54, 1.807) is 11.3 Å². The van der Waals surface area contributed by atoms with Gasteiger partial charge in [-0.25, -0.2) is 0 Å². The van der Waals surface area contributed by atoms with Crippen LogP contribution in [0.4, 0.5) is 0 Å². The van der Waals surface area contributed by atoms with Crippen molar-refractivity contribution in [1.82, 2.24) is 5.32 Å². The lowest BCUT2D eigenvalue weighted by Crippen LogP contribution is -2.22. The molecule has 0 radical (unpaired) electrons. The first-order chi connectivity index (χ1) is 9.51. The highest BCUT2D eigenvalue weighted by molar-refractivity contribution is 9.13. The Kier molecular flexibility index (Phi) is 5.84. The van der Waals surface area contributed by atoms with Gasteiger partial charge in [0.2, 0.25) is 0 Å². The topological polar surface area (TPSA) is 12.0 Å². The molecule has 0 aliphatic heterocycles. The lowest BCUT2D eigenvalue weighted by Gasteiger charge is -2.19. The molecule has 2 aromatic rings. The van der Waals surface area contributed by atoms with Gasteiger partial charge in [-0.15, -0.1) is 11.3 Å². The average molecular weight is 417 g/mol. The summed E-state index contributed by atoms with van der Waals surface area (Å²) in [5, 5.41) is 3.67. The maximum absolute atomic E-state index is 3.67. The second-order valence-corrected chi connectivity index (χ2v) is 8.33. The largest absolute Gasteiger partial charge is 0.306 e. The molecule has 0 fully saturated rings. The molecule has 1 atom stereocenters. The Morgan fingerprint density at radius 3 is 2.25 bits per heavy atom. The number of aryl methyl sites for hydroxylation is 2. The predicted octanol–water partition coefficient (Wildman–Crippen LogP) is 5.98. The Hall–Kier alpha value is -0.160. The van der Waals surface area contributed by atoms with Crippen LogP contribution in [-0.2, 0) is 0 Å². The van der Waals surface area contributed by atoms with Gasteiger partial charge in [-0.3, -0.25) is 0 Å².